The predicted octanol–water partition coefficient (Wildman–Crippen LogP) is 4.25. The van der Waals surface area contributed by atoms with E-state index < -0.39 is 11.9 Å². The second-order valence-electron chi connectivity index (χ2n) is 7.75. The van der Waals surface area contributed by atoms with Crippen molar-refractivity contribution in [2.45, 2.75) is 19.8 Å². The molecule has 1 aliphatic heterocycles. The van der Waals surface area contributed by atoms with Crippen molar-refractivity contribution in [1.29, 1.82) is 0 Å². The van der Waals surface area contributed by atoms with Gasteiger partial charge in [0.1, 0.15) is 0 Å². The van der Waals surface area contributed by atoms with Crippen LogP contribution in [0.3, 0.4) is 0 Å². The quantitative estimate of drug-likeness (QED) is 0.645. The number of anilines is 2. The van der Waals surface area contributed by atoms with Crippen LogP contribution in [0.15, 0.2) is 60.7 Å². The molecule has 0 saturated carbocycles. The van der Waals surface area contributed by atoms with Crippen LogP contribution >= 0.6 is 12.4 Å². The molecular formula is C24H31ClN2O4. The number of rotatable bonds is 6. The molecule has 1 atom stereocenters. The smallest absolute Gasteiger partial charge is 0.328 e. The van der Waals surface area contributed by atoms with Crippen molar-refractivity contribution in [1.82, 2.24) is 4.90 Å². The molecule has 0 aromatic heterocycles. The number of carboxylic acid groups (broad SMARTS) is 2. The van der Waals surface area contributed by atoms with E-state index in [1.165, 1.54) is 22.5 Å². The van der Waals surface area contributed by atoms with Gasteiger partial charge in [-0.25, -0.2) is 9.59 Å². The Bertz CT molecular complexity index is 835. The highest BCUT2D eigenvalue weighted by Gasteiger charge is 2.21. The van der Waals surface area contributed by atoms with Gasteiger partial charge in [-0.3, -0.25) is 0 Å². The minimum atomic E-state index is -1.26. The molecule has 168 valence electrons. The Hall–Kier alpha value is -2.83. The van der Waals surface area contributed by atoms with Crippen LogP contribution in [0.2, 0.25) is 0 Å². The van der Waals surface area contributed by atoms with Crippen LogP contribution in [0.5, 0.6) is 0 Å². The maximum atomic E-state index is 9.55. The van der Waals surface area contributed by atoms with Crippen molar-refractivity contribution >= 4 is 35.7 Å². The lowest BCUT2D eigenvalue weighted by Gasteiger charge is -2.30. The number of para-hydroxylation sites is 2. The molecule has 0 radical (unpaired) electrons. The van der Waals surface area contributed by atoms with Crippen LogP contribution in [0.1, 0.15) is 18.1 Å². The van der Waals surface area contributed by atoms with Gasteiger partial charge in [0.2, 0.25) is 0 Å². The second-order valence-corrected chi connectivity index (χ2v) is 7.75. The summed E-state index contributed by atoms with van der Waals surface area (Å²) in [6, 6.07) is 17.8. The molecule has 0 fully saturated rings. The molecule has 2 N–H and O–H groups in total. The fourth-order valence-corrected chi connectivity index (χ4v) is 3.70. The second kappa shape index (κ2) is 12.8. The van der Waals surface area contributed by atoms with E-state index in [-0.39, 0.29) is 12.4 Å². The Morgan fingerprint density at radius 3 is 1.74 bits per heavy atom. The van der Waals surface area contributed by atoms with E-state index in [1.54, 1.807) is 0 Å². The summed E-state index contributed by atoms with van der Waals surface area (Å²) in [5.41, 5.74) is 5.71. The van der Waals surface area contributed by atoms with Gasteiger partial charge in [0.15, 0.2) is 0 Å². The fraction of sp³-hybridized carbons (Fsp3) is 0.333. The molecule has 3 rings (SSSR count). The normalized spacial score (nSPS) is 13.2. The number of fused-ring (bicyclic) bond motifs is 2. The Morgan fingerprint density at radius 1 is 0.935 bits per heavy atom. The molecule has 0 aliphatic carbocycles. The van der Waals surface area contributed by atoms with Gasteiger partial charge < -0.3 is 20.0 Å². The first-order valence-electron chi connectivity index (χ1n) is 10.00. The Labute approximate surface area is 190 Å². The van der Waals surface area contributed by atoms with E-state index >= 15 is 0 Å². The zero-order valence-corrected chi connectivity index (χ0v) is 19.0. The van der Waals surface area contributed by atoms with Crippen molar-refractivity contribution < 1.29 is 19.8 Å². The average molecular weight is 447 g/mol. The van der Waals surface area contributed by atoms with E-state index in [1.807, 2.05) is 0 Å². The maximum Gasteiger partial charge on any atom is 0.328 e. The molecule has 2 aromatic carbocycles. The first kappa shape index (κ1) is 26.2. The van der Waals surface area contributed by atoms with Crippen LogP contribution < -0.4 is 4.90 Å². The summed E-state index contributed by atoms with van der Waals surface area (Å²) in [6.07, 6.45) is 3.38. The Kier molecular flexibility index (Phi) is 10.8. The van der Waals surface area contributed by atoms with Gasteiger partial charge >= 0.3 is 11.9 Å². The average Bonchev–Trinajstić information content (AvgIpc) is 2.84. The number of hydrogen-bond acceptors (Lipinski definition) is 4. The van der Waals surface area contributed by atoms with Gasteiger partial charge in [-0.15, -0.1) is 12.4 Å². The first-order valence-corrected chi connectivity index (χ1v) is 10.00. The van der Waals surface area contributed by atoms with E-state index in [2.05, 4.69) is 79.3 Å². The summed E-state index contributed by atoms with van der Waals surface area (Å²) < 4.78 is 0. The number of halogens is 1. The van der Waals surface area contributed by atoms with Crippen LogP contribution in [0, 0.1) is 5.92 Å². The molecule has 0 saturated heterocycles. The third-order valence-corrected chi connectivity index (χ3v) is 4.77. The van der Waals surface area contributed by atoms with E-state index in [0.29, 0.717) is 18.1 Å². The third-order valence-electron chi connectivity index (χ3n) is 4.77. The molecule has 1 aliphatic rings. The lowest BCUT2D eigenvalue weighted by Crippen LogP contribution is -2.30. The van der Waals surface area contributed by atoms with Crippen LogP contribution in [-0.4, -0.2) is 54.2 Å². The number of nitrogens with zero attached hydrogens (tertiary/aromatic N) is 2. The van der Waals surface area contributed by atoms with Crippen molar-refractivity contribution in [3.05, 3.63) is 71.8 Å². The van der Waals surface area contributed by atoms with Gasteiger partial charge in [0.25, 0.3) is 0 Å². The van der Waals surface area contributed by atoms with Gasteiger partial charge in [-0.05, 0) is 56.1 Å². The number of carbonyl (C=O) groups is 2. The largest absolute Gasteiger partial charge is 0.478 e. The number of hydrogen-bond donors (Lipinski definition) is 2. The third kappa shape index (κ3) is 8.44. The van der Waals surface area contributed by atoms with Crippen LogP contribution in [0.4, 0.5) is 11.4 Å². The summed E-state index contributed by atoms with van der Waals surface area (Å²) >= 11 is 0. The SMILES string of the molecule is CC(CN(C)C)CN1c2ccccc2CCc2ccccc21.Cl.O=C(O)/C=C\C(=O)O. The zero-order valence-electron chi connectivity index (χ0n) is 18.2. The standard InChI is InChI=1S/C20H26N2.C4H4O4.ClH/c1-16(14-21(2)3)15-22-19-10-6-4-8-17(19)12-13-18-9-5-7-11-20(18)22;5-3(6)1-2-4(7)8;/h4-11,16H,12-15H2,1-3H3;1-2H,(H,5,6)(H,7,8);1H/b;2-1-;. The molecule has 7 heteroatoms. The van der Waals surface area contributed by atoms with Crippen molar-refractivity contribution in [2.75, 3.05) is 32.1 Å². The van der Waals surface area contributed by atoms with Gasteiger partial charge in [-0.1, -0.05) is 43.3 Å². The Balaban J connectivity index is 0.000000461. The predicted molar refractivity (Wildman–Crippen MR) is 127 cm³/mol. The van der Waals surface area contributed by atoms with Gasteiger partial charge in [0, 0.05) is 36.6 Å². The van der Waals surface area contributed by atoms with Crippen LogP contribution in [-0.2, 0) is 22.4 Å². The molecule has 6 nitrogen and oxygen atoms in total. The molecule has 0 spiro atoms. The highest BCUT2D eigenvalue weighted by atomic mass is 35.5. The number of carboxylic acids is 2. The lowest BCUT2D eigenvalue weighted by molar-refractivity contribution is -0.134. The molecule has 1 heterocycles. The number of aliphatic carboxylic acids is 2. The fourth-order valence-electron chi connectivity index (χ4n) is 3.70. The Morgan fingerprint density at radius 2 is 1.35 bits per heavy atom. The zero-order chi connectivity index (χ0) is 22.1. The van der Waals surface area contributed by atoms with E-state index in [0.717, 1.165) is 25.9 Å². The summed E-state index contributed by atoms with van der Waals surface area (Å²) in [7, 11) is 4.31. The van der Waals surface area contributed by atoms with E-state index in [9.17, 15) is 9.59 Å². The monoisotopic (exact) mass is 446 g/mol. The summed E-state index contributed by atoms with van der Waals surface area (Å²) in [4.78, 5) is 23.9. The van der Waals surface area contributed by atoms with Gasteiger partial charge in [-0.2, -0.15) is 0 Å². The minimum Gasteiger partial charge on any atom is -0.478 e. The van der Waals surface area contributed by atoms with Crippen LogP contribution in [0.25, 0.3) is 0 Å². The number of aryl methyl sites for hydroxylation is 2. The maximum absolute atomic E-state index is 9.55. The first-order chi connectivity index (χ1) is 14.3. The summed E-state index contributed by atoms with van der Waals surface area (Å²) in [5, 5.41) is 15.6. The minimum absolute atomic E-state index is 0. The topological polar surface area (TPSA) is 81.1 Å². The summed E-state index contributed by atoms with van der Waals surface area (Å²) in [6.45, 7) is 4.52. The highest BCUT2D eigenvalue weighted by Crippen LogP contribution is 2.36. The van der Waals surface area contributed by atoms with Crippen molar-refractivity contribution in [3.8, 4) is 0 Å². The number of benzene rings is 2. The van der Waals surface area contributed by atoms with Gasteiger partial charge in [0.05, 0.1) is 0 Å². The molecule has 0 amide bonds. The molecule has 31 heavy (non-hydrogen) atoms. The van der Waals surface area contributed by atoms with Crippen molar-refractivity contribution in [3.63, 3.8) is 0 Å². The molecule has 0 bridgehead atoms. The summed E-state index contributed by atoms with van der Waals surface area (Å²) in [5.74, 6) is -1.89. The molecule has 1 unspecified atom stereocenters. The highest BCUT2D eigenvalue weighted by molar-refractivity contribution is 5.89. The van der Waals surface area contributed by atoms with Crippen molar-refractivity contribution in [2.24, 2.45) is 5.92 Å². The lowest BCUT2D eigenvalue weighted by atomic mass is 10.0. The van der Waals surface area contributed by atoms with E-state index in [4.69, 9.17) is 10.2 Å². The molecule has 2 aromatic rings. The molecular weight excluding hydrogens is 416 g/mol.